The highest BCUT2D eigenvalue weighted by molar-refractivity contribution is 5.86. The van der Waals surface area contributed by atoms with E-state index in [2.05, 4.69) is 72.4 Å². The van der Waals surface area contributed by atoms with Gasteiger partial charge in [-0.05, 0) is 48.5 Å². The van der Waals surface area contributed by atoms with Crippen LogP contribution in [0.25, 0.3) is 0 Å². The summed E-state index contributed by atoms with van der Waals surface area (Å²) < 4.78 is 6.26. The maximum atomic E-state index is 11.8. The third-order valence-electron chi connectivity index (χ3n) is 4.92. The van der Waals surface area contributed by atoms with Gasteiger partial charge in [-0.3, -0.25) is 0 Å². The minimum atomic E-state index is -0.310. The van der Waals surface area contributed by atoms with Crippen LogP contribution in [-0.4, -0.2) is 34.7 Å². The molecule has 1 aromatic carbocycles. The standard InChI is InChI=1S/C21H34NO2/c1-17(2)19(23)24-15-14-22(20(3,4)5,21(6,7)8)16-18-12-10-9-11-13-18/h9-13H,1,14-16H2,2-8H3/q+1. The lowest BCUT2D eigenvalue weighted by Gasteiger charge is -2.57. The van der Waals surface area contributed by atoms with Crippen LogP contribution >= 0.6 is 0 Å². The summed E-state index contributed by atoms with van der Waals surface area (Å²) in [6, 6.07) is 10.5. The van der Waals surface area contributed by atoms with Crippen LogP contribution in [0.2, 0.25) is 0 Å². The van der Waals surface area contributed by atoms with Crippen molar-refractivity contribution in [3.8, 4) is 0 Å². The van der Waals surface area contributed by atoms with Gasteiger partial charge < -0.3 is 9.22 Å². The number of benzene rings is 1. The fourth-order valence-corrected chi connectivity index (χ4v) is 3.54. The Hall–Kier alpha value is -1.61. The molecule has 3 nitrogen and oxygen atoms in total. The number of carbonyl (C=O) groups excluding carboxylic acids is 1. The minimum Gasteiger partial charge on any atom is -0.456 e. The molecule has 0 atom stereocenters. The molecule has 0 N–H and O–H groups in total. The summed E-state index contributed by atoms with van der Waals surface area (Å²) in [6.45, 7) is 21.0. The number of rotatable bonds is 6. The largest absolute Gasteiger partial charge is 0.456 e. The van der Waals surface area contributed by atoms with E-state index >= 15 is 0 Å². The maximum absolute atomic E-state index is 11.8. The summed E-state index contributed by atoms with van der Waals surface area (Å²) in [5.74, 6) is -0.310. The highest BCUT2D eigenvalue weighted by Gasteiger charge is 2.49. The van der Waals surface area contributed by atoms with Gasteiger partial charge in [0.05, 0.1) is 11.1 Å². The monoisotopic (exact) mass is 332 g/mol. The van der Waals surface area contributed by atoms with Crippen molar-refractivity contribution in [3.05, 3.63) is 48.0 Å². The number of ether oxygens (including phenoxy) is 1. The smallest absolute Gasteiger partial charge is 0.333 e. The van der Waals surface area contributed by atoms with E-state index in [1.807, 2.05) is 6.07 Å². The lowest BCUT2D eigenvalue weighted by atomic mass is 9.88. The second kappa shape index (κ2) is 7.52. The number of hydrogen-bond acceptors (Lipinski definition) is 2. The lowest BCUT2D eigenvalue weighted by molar-refractivity contribution is -1.02. The van der Waals surface area contributed by atoms with E-state index in [1.54, 1.807) is 6.92 Å². The average Bonchev–Trinajstić information content (AvgIpc) is 2.44. The number of hydrogen-bond donors (Lipinski definition) is 0. The van der Waals surface area contributed by atoms with E-state index in [0.29, 0.717) is 12.2 Å². The third-order valence-corrected chi connectivity index (χ3v) is 4.92. The molecule has 0 bridgehead atoms. The van der Waals surface area contributed by atoms with Crippen molar-refractivity contribution >= 4 is 5.97 Å². The number of esters is 1. The molecule has 1 rings (SSSR count). The first-order valence-electron chi connectivity index (χ1n) is 8.64. The van der Waals surface area contributed by atoms with Gasteiger partial charge in [-0.15, -0.1) is 0 Å². The van der Waals surface area contributed by atoms with Crippen LogP contribution in [0.5, 0.6) is 0 Å². The van der Waals surface area contributed by atoms with Gasteiger partial charge in [0.2, 0.25) is 0 Å². The zero-order valence-corrected chi connectivity index (χ0v) is 16.5. The molecule has 0 radical (unpaired) electrons. The normalized spacial score (nSPS) is 12.8. The Balaban J connectivity index is 3.13. The van der Waals surface area contributed by atoms with Crippen LogP contribution in [0.4, 0.5) is 0 Å². The van der Waals surface area contributed by atoms with Crippen LogP contribution in [-0.2, 0) is 16.1 Å². The molecule has 0 spiro atoms. The zero-order chi connectivity index (χ0) is 18.6. The zero-order valence-electron chi connectivity index (χ0n) is 16.5. The highest BCUT2D eigenvalue weighted by Crippen LogP contribution is 2.37. The van der Waals surface area contributed by atoms with E-state index in [4.69, 9.17) is 4.74 Å². The quantitative estimate of drug-likeness (QED) is 0.428. The SMILES string of the molecule is C=C(C)C(=O)OCC[N+](Cc1ccccc1)(C(C)(C)C)C(C)(C)C. The first kappa shape index (κ1) is 20.4. The summed E-state index contributed by atoms with van der Waals surface area (Å²) in [4.78, 5) is 11.8. The van der Waals surface area contributed by atoms with Gasteiger partial charge in [0.25, 0.3) is 0 Å². The second-order valence-corrected chi connectivity index (χ2v) is 8.59. The molecule has 0 saturated heterocycles. The van der Waals surface area contributed by atoms with Crippen LogP contribution in [0.15, 0.2) is 42.5 Å². The Morgan fingerprint density at radius 1 is 1.04 bits per heavy atom. The molecule has 0 fully saturated rings. The van der Waals surface area contributed by atoms with Crippen molar-refractivity contribution in [2.24, 2.45) is 0 Å². The van der Waals surface area contributed by atoms with Crippen LogP contribution in [0.3, 0.4) is 0 Å². The molecular weight excluding hydrogens is 298 g/mol. The Labute approximate surface area is 147 Å². The average molecular weight is 333 g/mol. The molecule has 24 heavy (non-hydrogen) atoms. The van der Waals surface area contributed by atoms with Gasteiger partial charge in [0, 0.05) is 11.1 Å². The predicted molar refractivity (Wildman–Crippen MR) is 101 cm³/mol. The fraction of sp³-hybridized carbons (Fsp3) is 0.571. The number of carbonyl (C=O) groups is 1. The van der Waals surface area contributed by atoms with Crippen LogP contribution < -0.4 is 0 Å². The molecule has 1 aromatic rings. The van der Waals surface area contributed by atoms with Crippen molar-refractivity contribution in [1.82, 2.24) is 0 Å². The fourth-order valence-electron chi connectivity index (χ4n) is 3.54. The van der Waals surface area contributed by atoms with Crippen molar-refractivity contribution in [2.45, 2.75) is 66.1 Å². The molecule has 134 valence electrons. The molecule has 0 amide bonds. The van der Waals surface area contributed by atoms with Crippen molar-refractivity contribution < 1.29 is 14.0 Å². The van der Waals surface area contributed by atoms with Crippen molar-refractivity contribution in [1.29, 1.82) is 0 Å². The van der Waals surface area contributed by atoms with Crippen molar-refractivity contribution in [2.75, 3.05) is 13.2 Å². The number of quaternary nitrogens is 1. The molecule has 0 saturated carbocycles. The Morgan fingerprint density at radius 2 is 1.54 bits per heavy atom. The van der Waals surface area contributed by atoms with Gasteiger partial charge >= 0.3 is 5.97 Å². The Morgan fingerprint density at radius 3 is 1.96 bits per heavy atom. The van der Waals surface area contributed by atoms with Gasteiger partial charge in [-0.2, -0.15) is 0 Å². The van der Waals surface area contributed by atoms with Gasteiger partial charge in [-0.25, -0.2) is 4.79 Å². The number of nitrogens with zero attached hydrogens (tertiary/aromatic N) is 1. The van der Waals surface area contributed by atoms with E-state index in [0.717, 1.165) is 17.6 Å². The van der Waals surface area contributed by atoms with Crippen LogP contribution in [0, 0.1) is 0 Å². The molecule has 0 aromatic heterocycles. The second-order valence-electron chi connectivity index (χ2n) is 8.59. The summed E-state index contributed by atoms with van der Waals surface area (Å²) in [5, 5.41) is 0. The predicted octanol–water partition coefficient (Wildman–Crippen LogP) is 4.72. The van der Waals surface area contributed by atoms with Gasteiger partial charge in [0.15, 0.2) is 0 Å². The molecule has 0 aliphatic rings. The van der Waals surface area contributed by atoms with E-state index in [1.165, 1.54) is 5.56 Å². The Kier molecular flexibility index (Phi) is 6.40. The van der Waals surface area contributed by atoms with E-state index in [9.17, 15) is 4.79 Å². The van der Waals surface area contributed by atoms with Crippen molar-refractivity contribution in [3.63, 3.8) is 0 Å². The summed E-state index contributed by atoms with van der Waals surface area (Å²) >= 11 is 0. The molecule has 3 heteroatoms. The molecule has 0 unspecified atom stereocenters. The Bertz CT molecular complexity index is 548. The lowest BCUT2D eigenvalue weighted by Crippen LogP contribution is -2.69. The minimum absolute atomic E-state index is 0.00369. The maximum Gasteiger partial charge on any atom is 0.333 e. The first-order valence-corrected chi connectivity index (χ1v) is 8.64. The van der Waals surface area contributed by atoms with Gasteiger partial charge in [0.1, 0.15) is 19.7 Å². The third kappa shape index (κ3) is 4.70. The van der Waals surface area contributed by atoms with E-state index < -0.39 is 0 Å². The van der Waals surface area contributed by atoms with Gasteiger partial charge in [-0.1, -0.05) is 36.9 Å². The molecule has 0 aliphatic carbocycles. The highest BCUT2D eigenvalue weighted by atomic mass is 16.5. The first-order chi connectivity index (χ1) is 10.9. The molecule has 0 heterocycles. The van der Waals surface area contributed by atoms with Crippen LogP contribution in [0.1, 0.15) is 54.0 Å². The molecular formula is C21H34NO2+. The topological polar surface area (TPSA) is 26.3 Å². The molecule has 0 aliphatic heterocycles. The summed E-state index contributed by atoms with van der Waals surface area (Å²) in [5.41, 5.74) is 1.75. The summed E-state index contributed by atoms with van der Waals surface area (Å²) in [7, 11) is 0. The summed E-state index contributed by atoms with van der Waals surface area (Å²) in [6.07, 6.45) is 0. The van der Waals surface area contributed by atoms with E-state index in [-0.39, 0.29) is 17.0 Å².